The first kappa shape index (κ1) is 12.5. The zero-order chi connectivity index (χ0) is 12.3. The molecule has 2 rings (SSSR count). The average Bonchev–Trinajstić information content (AvgIpc) is 2.32. The fourth-order valence-corrected chi connectivity index (χ4v) is 1.60. The Labute approximate surface area is 114 Å². The van der Waals surface area contributed by atoms with Crippen molar-refractivity contribution in [1.82, 2.24) is 4.98 Å². The minimum atomic E-state index is -0.663. The quantitative estimate of drug-likeness (QED) is 0.741. The van der Waals surface area contributed by atoms with Gasteiger partial charge in [0.15, 0.2) is 0 Å². The summed E-state index contributed by atoms with van der Waals surface area (Å²) in [6, 6.07) is 12.3. The Hall–Kier alpha value is -0.960. The predicted molar refractivity (Wildman–Crippen MR) is 70.2 cm³/mol. The molecule has 88 valence electrons. The maximum atomic E-state index is 5.78. The first-order valence-electron chi connectivity index (χ1n) is 4.83. The van der Waals surface area contributed by atoms with E-state index >= 15 is 0 Å². The van der Waals surface area contributed by atoms with Gasteiger partial charge in [-0.3, -0.25) is 0 Å². The van der Waals surface area contributed by atoms with Crippen LogP contribution in [-0.4, -0.2) is 4.98 Å². The van der Waals surface area contributed by atoms with E-state index in [9.17, 15) is 0 Å². The summed E-state index contributed by atoms with van der Waals surface area (Å²) in [5, 5.41) is 0.653. The van der Waals surface area contributed by atoms with Crippen molar-refractivity contribution in [2.75, 3.05) is 0 Å². The van der Waals surface area contributed by atoms with Crippen LogP contribution >= 0.6 is 34.8 Å². The van der Waals surface area contributed by atoms with Gasteiger partial charge in [-0.25, -0.2) is 4.98 Å². The second-order valence-electron chi connectivity index (χ2n) is 3.26. The maximum Gasteiger partial charge on any atom is 0.219 e. The zero-order valence-electron chi connectivity index (χ0n) is 8.61. The van der Waals surface area contributed by atoms with E-state index in [1.54, 1.807) is 42.5 Å². The number of pyridine rings is 1. The molecular formula is C12H8Cl3NO. The standard InChI is InChI=1S/C12H8Cl3NO/c13-8-4-6-9(7-5-8)17-11-3-1-2-10(16-11)12(14)15/h1-7,12H. The van der Waals surface area contributed by atoms with Crippen LogP contribution in [0.4, 0.5) is 0 Å². The van der Waals surface area contributed by atoms with Gasteiger partial charge in [0.2, 0.25) is 5.88 Å². The third-order valence-corrected chi connectivity index (χ3v) is 2.70. The number of ether oxygens (including phenoxy) is 1. The number of benzene rings is 1. The van der Waals surface area contributed by atoms with Crippen molar-refractivity contribution in [2.24, 2.45) is 0 Å². The molecule has 5 heteroatoms. The number of alkyl halides is 2. The smallest absolute Gasteiger partial charge is 0.219 e. The lowest BCUT2D eigenvalue weighted by molar-refractivity contribution is 0.461. The number of rotatable bonds is 3. The minimum Gasteiger partial charge on any atom is -0.439 e. The van der Waals surface area contributed by atoms with Crippen LogP contribution in [0.15, 0.2) is 42.5 Å². The Morgan fingerprint density at radius 1 is 1.00 bits per heavy atom. The van der Waals surface area contributed by atoms with Crippen molar-refractivity contribution in [1.29, 1.82) is 0 Å². The van der Waals surface area contributed by atoms with E-state index in [-0.39, 0.29) is 0 Å². The molecule has 1 heterocycles. The van der Waals surface area contributed by atoms with E-state index in [4.69, 9.17) is 39.5 Å². The molecule has 0 aliphatic carbocycles. The molecule has 1 aromatic heterocycles. The van der Waals surface area contributed by atoms with Gasteiger partial charge in [0.05, 0.1) is 5.69 Å². The molecule has 0 fully saturated rings. The molecule has 1 aromatic carbocycles. The third-order valence-electron chi connectivity index (χ3n) is 2.00. The number of nitrogens with zero attached hydrogens (tertiary/aromatic N) is 1. The van der Waals surface area contributed by atoms with E-state index in [0.29, 0.717) is 22.3 Å². The third kappa shape index (κ3) is 3.50. The first-order chi connectivity index (χ1) is 8.15. The van der Waals surface area contributed by atoms with E-state index in [2.05, 4.69) is 4.98 Å². The van der Waals surface area contributed by atoms with Gasteiger partial charge >= 0.3 is 0 Å². The lowest BCUT2D eigenvalue weighted by Crippen LogP contribution is -1.92. The summed E-state index contributed by atoms with van der Waals surface area (Å²) in [7, 11) is 0. The van der Waals surface area contributed by atoms with Gasteiger partial charge in [0.1, 0.15) is 10.6 Å². The summed E-state index contributed by atoms with van der Waals surface area (Å²) < 4.78 is 5.54. The number of aromatic nitrogens is 1. The fourth-order valence-electron chi connectivity index (χ4n) is 1.23. The normalized spacial score (nSPS) is 10.6. The molecule has 0 saturated heterocycles. The molecule has 0 saturated carbocycles. The van der Waals surface area contributed by atoms with Gasteiger partial charge in [-0.15, -0.1) is 0 Å². The summed E-state index contributed by atoms with van der Waals surface area (Å²) in [6.45, 7) is 0. The molecule has 0 bridgehead atoms. The summed E-state index contributed by atoms with van der Waals surface area (Å²) in [5.74, 6) is 1.09. The van der Waals surface area contributed by atoms with Crippen LogP contribution in [-0.2, 0) is 0 Å². The van der Waals surface area contributed by atoms with Gasteiger partial charge in [0, 0.05) is 11.1 Å². The van der Waals surface area contributed by atoms with Crippen LogP contribution < -0.4 is 4.74 Å². The molecular weight excluding hydrogens is 280 g/mol. The Balaban J connectivity index is 2.18. The van der Waals surface area contributed by atoms with Crippen LogP contribution in [0, 0.1) is 0 Å². The number of hydrogen-bond acceptors (Lipinski definition) is 2. The predicted octanol–water partition coefficient (Wildman–Crippen LogP) is 5.00. The Bertz CT molecular complexity index is 499. The van der Waals surface area contributed by atoms with E-state index in [1.165, 1.54) is 0 Å². The number of hydrogen-bond donors (Lipinski definition) is 0. The summed E-state index contributed by atoms with van der Waals surface area (Å²) in [6.07, 6.45) is 0. The molecule has 2 aromatic rings. The monoisotopic (exact) mass is 287 g/mol. The Morgan fingerprint density at radius 2 is 1.71 bits per heavy atom. The number of halogens is 3. The van der Waals surface area contributed by atoms with E-state index in [0.717, 1.165) is 0 Å². The fraction of sp³-hybridized carbons (Fsp3) is 0.0833. The zero-order valence-corrected chi connectivity index (χ0v) is 10.9. The van der Waals surface area contributed by atoms with Crippen molar-refractivity contribution in [3.63, 3.8) is 0 Å². The first-order valence-corrected chi connectivity index (χ1v) is 6.09. The molecule has 17 heavy (non-hydrogen) atoms. The second-order valence-corrected chi connectivity index (χ2v) is 4.79. The Kier molecular flexibility index (Phi) is 4.11. The van der Waals surface area contributed by atoms with Crippen molar-refractivity contribution in [2.45, 2.75) is 4.84 Å². The van der Waals surface area contributed by atoms with Crippen LogP contribution in [0.5, 0.6) is 11.6 Å². The largest absolute Gasteiger partial charge is 0.439 e. The minimum absolute atomic E-state index is 0.441. The molecule has 0 unspecified atom stereocenters. The summed E-state index contributed by atoms with van der Waals surface area (Å²) >= 11 is 17.2. The SMILES string of the molecule is Clc1ccc(Oc2cccc(C(Cl)Cl)n2)cc1. The molecule has 0 N–H and O–H groups in total. The van der Waals surface area contributed by atoms with Gasteiger partial charge in [-0.1, -0.05) is 40.9 Å². The van der Waals surface area contributed by atoms with E-state index < -0.39 is 4.84 Å². The van der Waals surface area contributed by atoms with Gasteiger partial charge < -0.3 is 4.74 Å². The maximum absolute atomic E-state index is 5.78. The topological polar surface area (TPSA) is 22.1 Å². The average molecular weight is 289 g/mol. The second kappa shape index (κ2) is 5.58. The van der Waals surface area contributed by atoms with Crippen molar-refractivity contribution in [3.8, 4) is 11.6 Å². The van der Waals surface area contributed by atoms with Crippen LogP contribution in [0.1, 0.15) is 10.5 Å². The van der Waals surface area contributed by atoms with Crippen molar-refractivity contribution < 1.29 is 4.74 Å². The Morgan fingerprint density at radius 3 is 2.35 bits per heavy atom. The van der Waals surface area contributed by atoms with Gasteiger partial charge in [-0.2, -0.15) is 0 Å². The molecule has 0 spiro atoms. The van der Waals surface area contributed by atoms with Crippen LogP contribution in [0.3, 0.4) is 0 Å². The summed E-state index contributed by atoms with van der Waals surface area (Å²) in [5.41, 5.74) is 0.555. The lowest BCUT2D eigenvalue weighted by Gasteiger charge is -2.06. The van der Waals surface area contributed by atoms with Crippen molar-refractivity contribution >= 4 is 34.8 Å². The van der Waals surface area contributed by atoms with Gasteiger partial charge in [-0.05, 0) is 30.3 Å². The van der Waals surface area contributed by atoms with Crippen LogP contribution in [0.25, 0.3) is 0 Å². The highest BCUT2D eigenvalue weighted by molar-refractivity contribution is 6.43. The highest BCUT2D eigenvalue weighted by Crippen LogP contribution is 2.26. The van der Waals surface area contributed by atoms with Crippen molar-refractivity contribution in [3.05, 3.63) is 53.2 Å². The molecule has 2 nitrogen and oxygen atoms in total. The van der Waals surface area contributed by atoms with Crippen LogP contribution in [0.2, 0.25) is 5.02 Å². The molecule has 0 aliphatic rings. The molecule has 0 amide bonds. The molecule has 0 atom stereocenters. The summed E-state index contributed by atoms with van der Waals surface area (Å²) in [4.78, 5) is 3.51. The highest BCUT2D eigenvalue weighted by Gasteiger charge is 2.06. The molecule has 0 radical (unpaired) electrons. The van der Waals surface area contributed by atoms with E-state index in [1.807, 2.05) is 0 Å². The highest BCUT2D eigenvalue weighted by atomic mass is 35.5. The molecule has 0 aliphatic heterocycles. The van der Waals surface area contributed by atoms with Gasteiger partial charge in [0.25, 0.3) is 0 Å². The lowest BCUT2D eigenvalue weighted by atomic mass is 10.3.